The third-order valence-electron chi connectivity index (χ3n) is 5.20. The summed E-state index contributed by atoms with van der Waals surface area (Å²) in [6, 6.07) is 9.72. The summed E-state index contributed by atoms with van der Waals surface area (Å²) in [4.78, 5) is 2.82. The van der Waals surface area contributed by atoms with Crippen molar-refractivity contribution in [3.8, 4) is 10.4 Å². The second-order valence-corrected chi connectivity index (χ2v) is 13.3. The highest BCUT2D eigenvalue weighted by atomic mass is 32.1. The molecule has 0 saturated carbocycles. The van der Waals surface area contributed by atoms with Crippen molar-refractivity contribution in [1.82, 2.24) is 0 Å². The fourth-order valence-electron chi connectivity index (χ4n) is 3.60. The predicted octanol–water partition coefficient (Wildman–Crippen LogP) is 8.83. The van der Waals surface area contributed by atoms with Gasteiger partial charge in [0.05, 0.1) is 0 Å². The van der Waals surface area contributed by atoms with Crippen LogP contribution in [0, 0.1) is 6.92 Å². The van der Waals surface area contributed by atoms with E-state index in [4.69, 9.17) is 0 Å². The van der Waals surface area contributed by atoms with E-state index in [1.807, 2.05) is 22.7 Å². The molecule has 0 nitrogen and oxygen atoms in total. The lowest BCUT2D eigenvalue weighted by atomic mass is 9.72. The zero-order valence-corrected chi connectivity index (χ0v) is 20.3. The highest BCUT2D eigenvalue weighted by molar-refractivity contribution is 7.29. The molecule has 1 aromatic carbocycles. The topological polar surface area (TPSA) is 0 Å². The molecule has 0 amide bonds. The Balaban J connectivity index is 2.40. The number of hydrogen-bond acceptors (Lipinski definition) is 2. The minimum absolute atomic E-state index is 0.101. The van der Waals surface area contributed by atoms with Crippen LogP contribution >= 0.6 is 22.7 Å². The van der Waals surface area contributed by atoms with Crippen LogP contribution in [0.4, 0.5) is 0 Å². The third kappa shape index (κ3) is 4.03. The molecule has 0 aliphatic heterocycles. The summed E-state index contributed by atoms with van der Waals surface area (Å²) in [6.45, 7) is 23.3. The van der Waals surface area contributed by atoms with Gasteiger partial charge in [-0.1, -0.05) is 74.4 Å². The van der Waals surface area contributed by atoms with E-state index in [0.29, 0.717) is 0 Å². The van der Waals surface area contributed by atoms with Crippen LogP contribution in [0.25, 0.3) is 19.8 Å². The van der Waals surface area contributed by atoms with Crippen LogP contribution in [0.5, 0.6) is 0 Å². The number of thiophene rings is 2. The van der Waals surface area contributed by atoms with E-state index < -0.39 is 0 Å². The number of fused-ring (bicyclic) bond motifs is 1. The van der Waals surface area contributed by atoms with Crippen molar-refractivity contribution in [1.29, 1.82) is 0 Å². The van der Waals surface area contributed by atoms with Gasteiger partial charge in [-0.25, -0.2) is 0 Å². The normalized spacial score (nSPS) is 13.6. The van der Waals surface area contributed by atoms with Gasteiger partial charge in [-0.05, 0) is 57.6 Å². The van der Waals surface area contributed by atoms with Gasteiger partial charge in [-0.3, -0.25) is 0 Å². The highest BCUT2D eigenvalue weighted by Gasteiger charge is 2.30. The van der Waals surface area contributed by atoms with Crippen LogP contribution in [0.1, 0.15) is 83.9 Å². The minimum atomic E-state index is 0.101. The van der Waals surface area contributed by atoms with Crippen molar-refractivity contribution >= 4 is 32.1 Å². The van der Waals surface area contributed by atoms with Gasteiger partial charge in [-0.2, -0.15) is 0 Å². The molecule has 0 bridgehead atoms. The summed E-state index contributed by atoms with van der Waals surface area (Å²) in [6.07, 6.45) is 0. The molecule has 3 aromatic rings. The monoisotopic (exact) mass is 398 g/mol. The molecule has 0 spiro atoms. The van der Waals surface area contributed by atoms with Gasteiger partial charge in [0.15, 0.2) is 0 Å². The van der Waals surface area contributed by atoms with E-state index in [0.717, 1.165) is 0 Å². The average Bonchev–Trinajstić information content (AvgIpc) is 3.00. The van der Waals surface area contributed by atoms with Gasteiger partial charge in [0.25, 0.3) is 0 Å². The first-order valence-corrected chi connectivity index (χ1v) is 11.5. The summed E-state index contributed by atoms with van der Waals surface area (Å²) in [7, 11) is 0. The maximum Gasteiger partial charge on any atom is 0.0459 e. The molecule has 2 heterocycles. The fraction of sp³-hybridized carbons (Fsp3) is 0.520. The van der Waals surface area contributed by atoms with E-state index in [1.54, 1.807) is 0 Å². The minimum Gasteiger partial charge on any atom is -0.140 e. The van der Waals surface area contributed by atoms with Crippen molar-refractivity contribution in [3.05, 3.63) is 45.8 Å². The van der Waals surface area contributed by atoms with Gasteiger partial charge in [0, 0.05) is 19.2 Å². The standard InChI is InChI=1S/C25H34S2/c1-15-11-19-20(26-15)14-21(27-19)22-17(24(5,6)7)12-16(23(2,3)4)13-18(22)25(8,9)10/h11-14H,1-10H3. The summed E-state index contributed by atoms with van der Waals surface area (Å²) >= 11 is 3.87. The molecule has 2 aromatic heterocycles. The first kappa shape index (κ1) is 20.6. The Morgan fingerprint density at radius 1 is 0.593 bits per heavy atom. The van der Waals surface area contributed by atoms with Crippen LogP contribution in [-0.4, -0.2) is 0 Å². The molecule has 0 unspecified atom stereocenters. The van der Waals surface area contributed by atoms with Crippen LogP contribution in [0.2, 0.25) is 0 Å². The fourth-order valence-corrected chi connectivity index (χ4v) is 5.99. The third-order valence-corrected chi connectivity index (χ3v) is 7.42. The van der Waals surface area contributed by atoms with Gasteiger partial charge in [0.1, 0.15) is 0 Å². The number of aryl methyl sites for hydroxylation is 1. The van der Waals surface area contributed by atoms with Gasteiger partial charge >= 0.3 is 0 Å². The SMILES string of the molecule is Cc1cc2sc(-c3c(C(C)(C)C)cc(C(C)(C)C)cc3C(C)(C)C)cc2s1. The van der Waals surface area contributed by atoms with Crippen LogP contribution < -0.4 is 0 Å². The molecule has 0 N–H and O–H groups in total. The van der Waals surface area contributed by atoms with E-state index >= 15 is 0 Å². The summed E-state index contributed by atoms with van der Waals surface area (Å²) in [5.74, 6) is 0. The van der Waals surface area contributed by atoms with Gasteiger partial charge in [-0.15, -0.1) is 22.7 Å². The Morgan fingerprint density at radius 2 is 1.07 bits per heavy atom. The molecular formula is C25H34S2. The Morgan fingerprint density at radius 3 is 1.48 bits per heavy atom. The lowest BCUT2D eigenvalue weighted by Crippen LogP contribution is -2.22. The zero-order valence-electron chi connectivity index (χ0n) is 18.6. The Hall–Kier alpha value is -1.12. The second-order valence-electron chi connectivity index (χ2n) is 10.9. The smallest absolute Gasteiger partial charge is 0.0459 e. The van der Waals surface area contributed by atoms with Crippen molar-refractivity contribution in [3.63, 3.8) is 0 Å². The Labute approximate surface area is 173 Å². The first-order chi connectivity index (χ1) is 12.2. The lowest BCUT2D eigenvalue weighted by molar-refractivity contribution is 0.551. The Kier molecular flexibility index (Phi) is 4.93. The van der Waals surface area contributed by atoms with Crippen LogP contribution in [0.15, 0.2) is 24.3 Å². The van der Waals surface area contributed by atoms with Gasteiger partial charge in [0.2, 0.25) is 0 Å². The molecule has 0 aliphatic rings. The maximum absolute atomic E-state index is 2.48. The average molecular weight is 399 g/mol. The number of hydrogen-bond donors (Lipinski definition) is 0. The number of rotatable bonds is 1. The van der Waals surface area contributed by atoms with Crippen molar-refractivity contribution < 1.29 is 0 Å². The molecule has 0 fully saturated rings. The Bertz CT molecular complexity index is 910. The molecule has 2 heteroatoms. The van der Waals surface area contributed by atoms with Crippen molar-refractivity contribution in [2.75, 3.05) is 0 Å². The molecule has 0 atom stereocenters. The summed E-state index contributed by atoms with van der Waals surface area (Å²) in [5.41, 5.74) is 6.21. The molecule has 3 rings (SSSR count). The first-order valence-electron chi connectivity index (χ1n) is 9.88. The highest BCUT2D eigenvalue weighted by Crippen LogP contribution is 2.47. The quantitative estimate of drug-likeness (QED) is 0.384. The molecule has 146 valence electrons. The van der Waals surface area contributed by atoms with Crippen molar-refractivity contribution in [2.24, 2.45) is 0 Å². The molecule has 27 heavy (non-hydrogen) atoms. The van der Waals surface area contributed by atoms with E-state index in [-0.39, 0.29) is 16.2 Å². The summed E-state index contributed by atoms with van der Waals surface area (Å²) in [5, 5.41) is 0. The predicted molar refractivity (Wildman–Crippen MR) is 126 cm³/mol. The lowest BCUT2D eigenvalue weighted by Gasteiger charge is -2.33. The zero-order chi connectivity index (χ0) is 20.4. The molecule has 0 radical (unpaired) electrons. The summed E-state index contributed by atoms with van der Waals surface area (Å²) < 4.78 is 2.85. The van der Waals surface area contributed by atoms with E-state index in [9.17, 15) is 0 Å². The largest absolute Gasteiger partial charge is 0.140 e. The van der Waals surface area contributed by atoms with E-state index in [1.165, 1.54) is 41.4 Å². The second kappa shape index (κ2) is 6.46. The maximum atomic E-state index is 2.48. The molecule has 0 saturated heterocycles. The van der Waals surface area contributed by atoms with Crippen molar-refractivity contribution in [2.45, 2.75) is 85.5 Å². The van der Waals surface area contributed by atoms with Crippen LogP contribution in [0.3, 0.4) is 0 Å². The van der Waals surface area contributed by atoms with Gasteiger partial charge < -0.3 is 0 Å². The van der Waals surface area contributed by atoms with Crippen LogP contribution in [-0.2, 0) is 16.2 Å². The van der Waals surface area contributed by atoms with E-state index in [2.05, 4.69) is 93.5 Å². The molecule has 0 aliphatic carbocycles. The number of benzene rings is 1. The molecular weight excluding hydrogens is 364 g/mol.